The lowest BCUT2D eigenvalue weighted by Gasteiger charge is -2.31. The molecule has 0 saturated carbocycles. The first-order chi connectivity index (χ1) is 10.3. The number of H-pyrrole nitrogens is 2. The molecule has 21 heavy (non-hydrogen) atoms. The quantitative estimate of drug-likeness (QED) is 0.742. The summed E-state index contributed by atoms with van der Waals surface area (Å²) in [6.45, 7) is 0. The van der Waals surface area contributed by atoms with Crippen LogP contribution in [0.5, 0.6) is 0 Å². The van der Waals surface area contributed by atoms with E-state index >= 15 is 0 Å². The third kappa shape index (κ3) is 1.75. The molecule has 2 aromatic rings. The van der Waals surface area contributed by atoms with Crippen LogP contribution in [0.2, 0.25) is 0 Å². The maximum absolute atomic E-state index is 12.4. The molecule has 2 aliphatic rings. The highest BCUT2D eigenvalue weighted by Gasteiger charge is 2.37. The molecule has 1 aliphatic heterocycles. The van der Waals surface area contributed by atoms with Crippen LogP contribution in [0.25, 0.3) is 0 Å². The first-order valence-corrected chi connectivity index (χ1v) is 6.99. The van der Waals surface area contributed by atoms with E-state index in [0.717, 1.165) is 24.1 Å². The number of aromatic amines is 2. The summed E-state index contributed by atoms with van der Waals surface area (Å²) in [5, 5.41) is 8.66. The average Bonchev–Trinajstić information content (AvgIpc) is 2.88. The number of hydrogen-bond acceptors (Lipinski definition) is 4. The van der Waals surface area contributed by atoms with E-state index in [4.69, 9.17) is 0 Å². The van der Waals surface area contributed by atoms with Crippen LogP contribution in [0, 0.1) is 0 Å². The topological polar surface area (TPSA) is 90.6 Å². The molecule has 4 rings (SSSR count). The first-order valence-electron chi connectivity index (χ1n) is 6.99. The van der Waals surface area contributed by atoms with E-state index in [0.29, 0.717) is 23.4 Å². The summed E-state index contributed by atoms with van der Waals surface area (Å²) < 4.78 is 0. The number of allylic oxidation sites excluding steroid dienone is 2. The fourth-order valence-electron chi connectivity index (χ4n) is 3.25. The molecule has 1 aliphatic carbocycles. The lowest BCUT2D eigenvalue weighted by molar-refractivity contribution is -0.116. The highest BCUT2D eigenvalue weighted by atomic mass is 16.1. The van der Waals surface area contributed by atoms with Gasteiger partial charge in [0.25, 0.3) is 5.56 Å². The summed E-state index contributed by atoms with van der Waals surface area (Å²) in [4.78, 5) is 28.7. The van der Waals surface area contributed by atoms with Crippen LogP contribution in [0.4, 0.5) is 5.82 Å². The van der Waals surface area contributed by atoms with Crippen LogP contribution in [0.15, 0.2) is 40.6 Å². The molecule has 0 fully saturated rings. The monoisotopic (exact) mass is 282 g/mol. The summed E-state index contributed by atoms with van der Waals surface area (Å²) in [6, 6.07) is 3.73. The largest absolute Gasteiger partial charge is 0.343 e. The van der Waals surface area contributed by atoms with Crippen LogP contribution in [0.1, 0.15) is 36.3 Å². The number of Topliss-reactive ketones (excluding diaryl/α,β-unsaturated/α-hetero) is 1. The van der Waals surface area contributed by atoms with E-state index in [2.05, 4.69) is 20.5 Å². The molecule has 1 atom stereocenters. The minimum Gasteiger partial charge on any atom is -0.343 e. The van der Waals surface area contributed by atoms with Gasteiger partial charge in [-0.25, -0.2) is 0 Å². The zero-order valence-electron chi connectivity index (χ0n) is 11.3. The average molecular weight is 282 g/mol. The lowest BCUT2D eigenvalue weighted by Crippen LogP contribution is -2.29. The van der Waals surface area contributed by atoms with Crippen LogP contribution in [-0.4, -0.2) is 21.0 Å². The highest BCUT2D eigenvalue weighted by Crippen LogP contribution is 2.42. The van der Waals surface area contributed by atoms with Crippen molar-refractivity contribution in [2.45, 2.75) is 25.2 Å². The van der Waals surface area contributed by atoms with E-state index in [1.54, 1.807) is 12.4 Å². The normalized spacial score (nSPS) is 20.8. The second-order valence-electron chi connectivity index (χ2n) is 5.38. The maximum atomic E-state index is 12.4. The first kappa shape index (κ1) is 12.1. The van der Waals surface area contributed by atoms with Gasteiger partial charge >= 0.3 is 0 Å². The summed E-state index contributed by atoms with van der Waals surface area (Å²) in [6.07, 6.45) is 5.61. The summed E-state index contributed by atoms with van der Waals surface area (Å²) in [5.41, 5.74) is 2.87. The van der Waals surface area contributed by atoms with E-state index < -0.39 is 0 Å². The molecule has 0 aromatic carbocycles. The molecule has 0 amide bonds. The van der Waals surface area contributed by atoms with Crippen molar-refractivity contribution in [1.82, 2.24) is 15.2 Å². The predicted molar refractivity (Wildman–Crippen MR) is 77.0 cm³/mol. The number of nitrogens with one attached hydrogen (secondary N) is 3. The standard InChI is InChI=1S/C15H14N4O2/c20-10-5-1-4-9-12(10)11(8-3-2-6-16-7-8)13-14(17-9)18-19-15(13)21/h2-3,6-7,11H,1,4-5H2,(H3,17,18,19,21). The van der Waals surface area contributed by atoms with Crippen molar-refractivity contribution >= 4 is 11.6 Å². The Hall–Kier alpha value is -2.63. The molecule has 3 N–H and O–H groups in total. The Morgan fingerprint density at radius 3 is 2.90 bits per heavy atom. The Bertz CT molecular complexity index is 801. The predicted octanol–water partition coefficient (Wildman–Crippen LogP) is 1.66. The van der Waals surface area contributed by atoms with Crippen molar-refractivity contribution in [2.24, 2.45) is 0 Å². The van der Waals surface area contributed by atoms with Crippen molar-refractivity contribution in [3.8, 4) is 0 Å². The number of carbonyl (C=O) groups is 1. The zero-order chi connectivity index (χ0) is 14.4. The Labute approximate surface area is 120 Å². The van der Waals surface area contributed by atoms with Crippen LogP contribution >= 0.6 is 0 Å². The van der Waals surface area contributed by atoms with Crippen molar-refractivity contribution in [2.75, 3.05) is 5.32 Å². The van der Waals surface area contributed by atoms with Gasteiger partial charge in [0, 0.05) is 36.0 Å². The lowest BCUT2D eigenvalue weighted by atomic mass is 9.77. The number of rotatable bonds is 1. The number of fused-ring (bicyclic) bond motifs is 1. The van der Waals surface area contributed by atoms with Gasteiger partial charge in [0.05, 0.1) is 5.56 Å². The van der Waals surface area contributed by atoms with Gasteiger partial charge in [-0.05, 0) is 24.5 Å². The maximum Gasteiger partial charge on any atom is 0.270 e. The highest BCUT2D eigenvalue weighted by molar-refractivity contribution is 6.00. The van der Waals surface area contributed by atoms with Gasteiger partial charge in [0.1, 0.15) is 5.82 Å². The summed E-state index contributed by atoms with van der Waals surface area (Å²) >= 11 is 0. The Balaban J connectivity index is 1.98. The van der Waals surface area contributed by atoms with Gasteiger partial charge in [0.2, 0.25) is 0 Å². The smallest absolute Gasteiger partial charge is 0.270 e. The van der Waals surface area contributed by atoms with Crippen LogP contribution in [0.3, 0.4) is 0 Å². The molecule has 0 bridgehead atoms. The molecular weight excluding hydrogens is 268 g/mol. The molecule has 0 spiro atoms. The van der Waals surface area contributed by atoms with E-state index in [9.17, 15) is 9.59 Å². The van der Waals surface area contributed by atoms with E-state index in [1.165, 1.54) is 0 Å². The minimum absolute atomic E-state index is 0.115. The zero-order valence-corrected chi connectivity index (χ0v) is 11.3. The molecule has 6 nitrogen and oxygen atoms in total. The van der Waals surface area contributed by atoms with E-state index in [1.807, 2.05) is 12.1 Å². The molecule has 0 radical (unpaired) electrons. The van der Waals surface area contributed by atoms with E-state index in [-0.39, 0.29) is 17.3 Å². The molecule has 106 valence electrons. The molecule has 3 heterocycles. The third-order valence-electron chi connectivity index (χ3n) is 4.14. The van der Waals surface area contributed by atoms with Gasteiger partial charge < -0.3 is 5.32 Å². The number of carbonyl (C=O) groups excluding carboxylic acids is 1. The number of nitrogens with zero attached hydrogens (tertiary/aromatic N) is 1. The summed E-state index contributed by atoms with van der Waals surface area (Å²) in [5.74, 6) is 0.430. The van der Waals surface area contributed by atoms with Crippen molar-refractivity contribution in [3.05, 3.63) is 57.3 Å². The fourth-order valence-corrected chi connectivity index (χ4v) is 3.25. The Morgan fingerprint density at radius 1 is 1.19 bits per heavy atom. The minimum atomic E-state index is -0.340. The molecule has 2 aromatic heterocycles. The number of hydrogen-bond donors (Lipinski definition) is 3. The fraction of sp³-hybridized carbons (Fsp3) is 0.267. The van der Waals surface area contributed by atoms with Gasteiger partial charge in [-0.15, -0.1) is 0 Å². The van der Waals surface area contributed by atoms with Gasteiger partial charge in [-0.1, -0.05) is 6.07 Å². The SMILES string of the molecule is O=C1CCCC2=C1C(c1cccnc1)c1c([nH][nH]c1=O)N2. The number of pyridine rings is 1. The molecule has 6 heteroatoms. The van der Waals surface area contributed by atoms with Crippen LogP contribution in [-0.2, 0) is 4.79 Å². The molecular formula is C15H14N4O2. The number of ketones is 1. The van der Waals surface area contributed by atoms with Crippen molar-refractivity contribution < 1.29 is 4.79 Å². The van der Waals surface area contributed by atoms with Crippen molar-refractivity contribution in [1.29, 1.82) is 0 Å². The van der Waals surface area contributed by atoms with Gasteiger partial charge in [0.15, 0.2) is 5.78 Å². The molecule has 0 saturated heterocycles. The molecule has 1 unspecified atom stereocenters. The van der Waals surface area contributed by atoms with Gasteiger partial charge in [-0.3, -0.25) is 24.8 Å². The van der Waals surface area contributed by atoms with Crippen molar-refractivity contribution in [3.63, 3.8) is 0 Å². The second kappa shape index (κ2) is 4.44. The van der Waals surface area contributed by atoms with Crippen LogP contribution < -0.4 is 10.9 Å². The third-order valence-corrected chi connectivity index (χ3v) is 4.14. The Morgan fingerprint density at radius 2 is 2.10 bits per heavy atom. The summed E-state index contributed by atoms with van der Waals surface area (Å²) in [7, 11) is 0. The Kier molecular flexibility index (Phi) is 2.57. The van der Waals surface area contributed by atoms with Gasteiger partial charge in [-0.2, -0.15) is 0 Å². The number of aromatic nitrogens is 3. The second-order valence-corrected chi connectivity index (χ2v) is 5.38. The number of anilines is 1.